The maximum atomic E-state index is 5.45. The Morgan fingerprint density at radius 3 is 1.60 bits per heavy atom. The summed E-state index contributed by atoms with van der Waals surface area (Å²) in [6.07, 6.45) is 0.638. The molecule has 0 bridgehead atoms. The third-order valence-electron chi connectivity index (χ3n) is 2.29. The third-order valence-corrected chi connectivity index (χ3v) is 2.29. The molecule has 1 fully saturated rings. The maximum Gasteiger partial charge on any atom is 0.155 e. The molecule has 1 rings (SSSR count). The second-order valence-electron chi connectivity index (χ2n) is 3.11. The first-order valence-electron chi connectivity index (χ1n) is 3.92. The minimum atomic E-state index is -0.0267. The second-order valence-corrected chi connectivity index (χ2v) is 3.11. The summed E-state index contributed by atoms with van der Waals surface area (Å²) in [5.74, 6) is 0.510. The molecule has 0 aromatic rings. The van der Waals surface area contributed by atoms with E-state index in [1.807, 2.05) is 6.92 Å². The van der Waals surface area contributed by atoms with Gasteiger partial charge in [-0.05, 0) is 20.8 Å². The molecule has 1 saturated heterocycles. The first kappa shape index (κ1) is 8.02. The summed E-state index contributed by atoms with van der Waals surface area (Å²) < 4.78 is 10.9. The molecule has 1 heterocycles. The second kappa shape index (κ2) is 2.89. The molecule has 2 nitrogen and oxygen atoms in total. The summed E-state index contributed by atoms with van der Waals surface area (Å²) in [6, 6.07) is 0. The standard InChI is InChI=1S/C8H16O2/c1-5-6(2)9-8(4)10-7(5)3/h5-8H,1-4H3/t5?,6-,7+,8?. The van der Waals surface area contributed by atoms with Crippen molar-refractivity contribution in [3.05, 3.63) is 0 Å². The molecule has 0 amide bonds. The van der Waals surface area contributed by atoms with Crippen LogP contribution in [0.25, 0.3) is 0 Å². The van der Waals surface area contributed by atoms with Gasteiger partial charge in [0.2, 0.25) is 0 Å². The van der Waals surface area contributed by atoms with Gasteiger partial charge >= 0.3 is 0 Å². The van der Waals surface area contributed by atoms with E-state index in [9.17, 15) is 0 Å². The minimum absolute atomic E-state index is 0.0267. The van der Waals surface area contributed by atoms with Crippen LogP contribution < -0.4 is 0 Å². The third kappa shape index (κ3) is 1.50. The van der Waals surface area contributed by atoms with Gasteiger partial charge in [-0.3, -0.25) is 0 Å². The Bertz CT molecular complexity index is 102. The summed E-state index contributed by atoms with van der Waals surface area (Å²) in [5.41, 5.74) is 0. The van der Waals surface area contributed by atoms with Crippen molar-refractivity contribution >= 4 is 0 Å². The lowest BCUT2D eigenvalue weighted by Crippen LogP contribution is -2.40. The SMILES string of the molecule is CC1O[C@@H](C)C(C)[C@@H](C)O1. The van der Waals surface area contributed by atoms with Crippen molar-refractivity contribution in [2.75, 3.05) is 0 Å². The molecule has 60 valence electrons. The molecule has 0 aromatic carbocycles. The zero-order valence-electron chi connectivity index (χ0n) is 7.13. The topological polar surface area (TPSA) is 18.5 Å². The Hall–Kier alpha value is -0.0800. The van der Waals surface area contributed by atoms with E-state index in [1.54, 1.807) is 0 Å². The molecule has 4 atom stereocenters. The summed E-state index contributed by atoms with van der Waals surface area (Å²) in [7, 11) is 0. The van der Waals surface area contributed by atoms with Crippen LogP contribution in [0.4, 0.5) is 0 Å². The molecule has 10 heavy (non-hydrogen) atoms. The van der Waals surface area contributed by atoms with Crippen molar-refractivity contribution in [1.29, 1.82) is 0 Å². The Kier molecular flexibility index (Phi) is 2.32. The van der Waals surface area contributed by atoms with Crippen LogP contribution in [-0.2, 0) is 9.47 Å². The van der Waals surface area contributed by atoms with Crippen molar-refractivity contribution < 1.29 is 9.47 Å². The Balaban J connectivity index is 2.49. The first-order valence-corrected chi connectivity index (χ1v) is 3.92. The molecule has 1 aliphatic heterocycles. The summed E-state index contributed by atoms with van der Waals surface area (Å²) in [4.78, 5) is 0. The monoisotopic (exact) mass is 144 g/mol. The van der Waals surface area contributed by atoms with Crippen molar-refractivity contribution in [3.63, 3.8) is 0 Å². The average molecular weight is 144 g/mol. The summed E-state index contributed by atoms with van der Waals surface area (Å²) in [5, 5.41) is 0. The molecule has 2 unspecified atom stereocenters. The van der Waals surface area contributed by atoms with Crippen molar-refractivity contribution in [2.45, 2.75) is 46.2 Å². The van der Waals surface area contributed by atoms with E-state index in [-0.39, 0.29) is 6.29 Å². The molecule has 0 saturated carbocycles. The fraction of sp³-hybridized carbons (Fsp3) is 1.00. The normalized spacial score (nSPS) is 49.2. The van der Waals surface area contributed by atoms with Gasteiger partial charge in [0, 0.05) is 5.92 Å². The lowest BCUT2D eigenvalue weighted by Gasteiger charge is -2.36. The first-order chi connectivity index (χ1) is 4.61. The summed E-state index contributed by atoms with van der Waals surface area (Å²) >= 11 is 0. The van der Waals surface area contributed by atoms with Gasteiger partial charge in [0.05, 0.1) is 12.2 Å². The lowest BCUT2D eigenvalue weighted by molar-refractivity contribution is -0.248. The van der Waals surface area contributed by atoms with E-state index in [0.717, 1.165) is 0 Å². The van der Waals surface area contributed by atoms with Crippen LogP contribution in [0.3, 0.4) is 0 Å². The molecule has 1 aliphatic rings. The molecule has 2 heteroatoms. The number of hydrogen-bond donors (Lipinski definition) is 0. The predicted octanol–water partition coefficient (Wildman–Crippen LogP) is 1.79. The van der Waals surface area contributed by atoms with E-state index in [0.29, 0.717) is 18.1 Å². The highest BCUT2D eigenvalue weighted by Crippen LogP contribution is 2.23. The molecular formula is C8H16O2. The largest absolute Gasteiger partial charge is 0.350 e. The van der Waals surface area contributed by atoms with Crippen LogP contribution in [0.2, 0.25) is 0 Å². The Morgan fingerprint density at radius 2 is 1.20 bits per heavy atom. The molecule has 0 spiro atoms. The van der Waals surface area contributed by atoms with Gasteiger partial charge in [-0.25, -0.2) is 0 Å². The average Bonchev–Trinajstić information content (AvgIpc) is 1.82. The van der Waals surface area contributed by atoms with Crippen LogP contribution in [0.15, 0.2) is 0 Å². The van der Waals surface area contributed by atoms with Crippen LogP contribution >= 0.6 is 0 Å². The van der Waals surface area contributed by atoms with Gasteiger partial charge in [0.25, 0.3) is 0 Å². The van der Waals surface area contributed by atoms with Crippen molar-refractivity contribution in [3.8, 4) is 0 Å². The van der Waals surface area contributed by atoms with Crippen molar-refractivity contribution in [1.82, 2.24) is 0 Å². The van der Waals surface area contributed by atoms with E-state index in [4.69, 9.17) is 9.47 Å². The highest BCUT2D eigenvalue weighted by molar-refractivity contribution is 4.72. The highest BCUT2D eigenvalue weighted by Gasteiger charge is 2.28. The van der Waals surface area contributed by atoms with Crippen LogP contribution in [0.1, 0.15) is 27.7 Å². The van der Waals surface area contributed by atoms with Crippen LogP contribution in [0.5, 0.6) is 0 Å². The summed E-state index contributed by atoms with van der Waals surface area (Å²) in [6.45, 7) is 8.29. The number of ether oxygens (including phenoxy) is 2. The zero-order valence-corrected chi connectivity index (χ0v) is 7.13. The van der Waals surface area contributed by atoms with E-state index in [2.05, 4.69) is 20.8 Å². The van der Waals surface area contributed by atoms with Crippen molar-refractivity contribution in [2.24, 2.45) is 5.92 Å². The quantitative estimate of drug-likeness (QED) is 0.516. The fourth-order valence-corrected chi connectivity index (χ4v) is 1.27. The smallest absolute Gasteiger partial charge is 0.155 e. The van der Waals surface area contributed by atoms with Gasteiger partial charge in [-0.2, -0.15) is 0 Å². The Labute approximate surface area is 62.5 Å². The van der Waals surface area contributed by atoms with Crippen LogP contribution in [0, 0.1) is 5.92 Å². The van der Waals surface area contributed by atoms with Gasteiger partial charge in [0.15, 0.2) is 6.29 Å². The molecule has 0 radical (unpaired) electrons. The Morgan fingerprint density at radius 1 is 0.800 bits per heavy atom. The fourth-order valence-electron chi connectivity index (χ4n) is 1.27. The predicted molar refractivity (Wildman–Crippen MR) is 39.7 cm³/mol. The number of rotatable bonds is 0. The number of hydrogen-bond acceptors (Lipinski definition) is 2. The molecular weight excluding hydrogens is 128 g/mol. The zero-order chi connectivity index (χ0) is 7.72. The van der Waals surface area contributed by atoms with Gasteiger partial charge in [-0.15, -0.1) is 0 Å². The molecule has 0 aliphatic carbocycles. The minimum Gasteiger partial charge on any atom is -0.350 e. The van der Waals surface area contributed by atoms with E-state index >= 15 is 0 Å². The maximum absolute atomic E-state index is 5.45. The molecule has 0 N–H and O–H groups in total. The van der Waals surface area contributed by atoms with E-state index in [1.165, 1.54) is 0 Å². The van der Waals surface area contributed by atoms with E-state index < -0.39 is 0 Å². The van der Waals surface area contributed by atoms with Crippen LogP contribution in [-0.4, -0.2) is 18.5 Å². The highest BCUT2D eigenvalue weighted by atomic mass is 16.7. The van der Waals surface area contributed by atoms with Gasteiger partial charge in [0.1, 0.15) is 0 Å². The lowest BCUT2D eigenvalue weighted by atomic mass is 9.99. The van der Waals surface area contributed by atoms with Gasteiger partial charge < -0.3 is 9.47 Å². The van der Waals surface area contributed by atoms with Gasteiger partial charge in [-0.1, -0.05) is 6.92 Å². The molecule has 0 aromatic heterocycles.